The molecule has 1 aromatic carbocycles. The number of benzene rings is 1. The Bertz CT molecular complexity index is 1280. The van der Waals surface area contributed by atoms with Crippen molar-refractivity contribution in [3.63, 3.8) is 0 Å². The Morgan fingerprint density at radius 1 is 1.27 bits per heavy atom. The smallest absolute Gasteiger partial charge is 0.307 e. The zero-order chi connectivity index (χ0) is 23.4. The molecule has 0 atom stereocenters. The number of aromatic nitrogens is 5. The first-order chi connectivity index (χ1) is 16.0. The third kappa shape index (κ3) is 5.10. The van der Waals surface area contributed by atoms with Crippen molar-refractivity contribution in [1.29, 1.82) is 0 Å². The van der Waals surface area contributed by atoms with Gasteiger partial charge in [-0.1, -0.05) is 28.1 Å². The first-order valence-corrected chi connectivity index (χ1v) is 10.8. The van der Waals surface area contributed by atoms with Crippen LogP contribution >= 0.6 is 15.9 Å². The predicted octanol–water partition coefficient (Wildman–Crippen LogP) is 3.76. The Morgan fingerprint density at radius 2 is 2.12 bits per heavy atom. The number of halogens is 1. The van der Waals surface area contributed by atoms with E-state index in [1.807, 2.05) is 38.2 Å². The molecule has 11 heteroatoms. The van der Waals surface area contributed by atoms with E-state index in [0.717, 1.165) is 27.0 Å². The van der Waals surface area contributed by atoms with Crippen molar-refractivity contribution < 1.29 is 13.9 Å². The monoisotopic (exact) mass is 511 g/mol. The van der Waals surface area contributed by atoms with Crippen LogP contribution in [0.5, 0.6) is 0 Å². The maximum atomic E-state index is 12.7. The number of amides is 1. The topological polar surface area (TPSA) is 120 Å². The number of carbonyl (C=O) groups is 1. The van der Waals surface area contributed by atoms with Crippen molar-refractivity contribution in [3.05, 3.63) is 70.0 Å². The van der Waals surface area contributed by atoms with Gasteiger partial charge in [-0.15, -0.1) is 0 Å². The third-order valence-electron chi connectivity index (χ3n) is 4.92. The molecule has 0 saturated heterocycles. The molecule has 0 fully saturated rings. The Kier molecular flexibility index (Phi) is 6.80. The second-order valence-electron chi connectivity index (χ2n) is 7.22. The minimum absolute atomic E-state index is 0.0487. The largest absolute Gasteiger partial charge is 0.440 e. The van der Waals surface area contributed by atoms with E-state index in [0.29, 0.717) is 30.5 Å². The number of methoxy groups -OCH3 is 1. The summed E-state index contributed by atoms with van der Waals surface area (Å²) in [5.74, 6) is 0.649. The number of anilines is 2. The second-order valence-corrected chi connectivity index (χ2v) is 8.08. The fraction of sp³-hybridized carbons (Fsp3) is 0.227. The molecule has 4 aromatic rings. The van der Waals surface area contributed by atoms with Gasteiger partial charge in [0, 0.05) is 37.4 Å². The molecular weight excluding hydrogens is 490 g/mol. The van der Waals surface area contributed by atoms with Gasteiger partial charge in [0.1, 0.15) is 23.5 Å². The Balaban J connectivity index is 1.49. The lowest BCUT2D eigenvalue weighted by Gasteiger charge is -2.11. The molecule has 0 spiro atoms. The van der Waals surface area contributed by atoms with Gasteiger partial charge in [-0.3, -0.25) is 9.48 Å². The molecule has 10 nitrogen and oxygen atoms in total. The molecule has 0 aliphatic rings. The fourth-order valence-corrected chi connectivity index (χ4v) is 3.71. The number of hydrogen-bond donors (Lipinski definition) is 2. The average molecular weight is 512 g/mol. The number of nitrogens with zero attached hydrogens (tertiary/aromatic N) is 5. The quantitative estimate of drug-likeness (QED) is 0.366. The lowest BCUT2D eigenvalue weighted by molar-refractivity contribution is 0.0915. The first kappa shape index (κ1) is 22.6. The van der Waals surface area contributed by atoms with Crippen LogP contribution in [-0.2, 0) is 24.9 Å². The molecule has 1 amide bonds. The van der Waals surface area contributed by atoms with Crippen LogP contribution in [0.2, 0.25) is 0 Å². The Hall–Kier alpha value is -3.57. The number of rotatable bonds is 8. The lowest BCUT2D eigenvalue weighted by atomic mass is 10.1. The van der Waals surface area contributed by atoms with Crippen LogP contribution in [0.4, 0.5) is 11.8 Å². The molecule has 170 valence electrons. The molecule has 0 bridgehead atoms. The van der Waals surface area contributed by atoms with Gasteiger partial charge in [0.05, 0.1) is 12.8 Å². The van der Waals surface area contributed by atoms with E-state index in [4.69, 9.17) is 9.15 Å². The summed E-state index contributed by atoms with van der Waals surface area (Å²) >= 11 is 3.52. The van der Waals surface area contributed by atoms with Crippen LogP contribution in [0.3, 0.4) is 0 Å². The highest BCUT2D eigenvalue weighted by molar-refractivity contribution is 9.10. The molecule has 2 N–H and O–H groups in total. The highest BCUT2D eigenvalue weighted by Gasteiger charge is 2.18. The fourth-order valence-electron chi connectivity index (χ4n) is 3.19. The molecule has 0 aliphatic carbocycles. The number of nitrogens with one attached hydrogen (secondary N) is 2. The maximum Gasteiger partial charge on any atom is 0.307 e. The van der Waals surface area contributed by atoms with Gasteiger partial charge in [0.15, 0.2) is 0 Å². The highest BCUT2D eigenvalue weighted by atomic mass is 79.9. The van der Waals surface area contributed by atoms with Crippen LogP contribution in [-0.4, -0.2) is 37.7 Å². The van der Waals surface area contributed by atoms with Crippen molar-refractivity contribution in [2.24, 2.45) is 7.05 Å². The summed E-state index contributed by atoms with van der Waals surface area (Å²) in [5, 5.41) is 10.1. The second kappa shape index (κ2) is 9.92. The SMILES string of the molecule is COCc1c(Br)cccc1CNC(=O)c1nc(-c2nc(Nc3ccnn3C)ncc2C)co1. The Labute approximate surface area is 198 Å². The highest BCUT2D eigenvalue weighted by Crippen LogP contribution is 2.24. The van der Waals surface area contributed by atoms with Gasteiger partial charge in [-0.25, -0.2) is 15.0 Å². The summed E-state index contributed by atoms with van der Waals surface area (Å²) < 4.78 is 13.3. The van der Waals surface area contributed by atoms with E-state index in [-0.39, 0.29) is 5.89 Å². The van der Waals surface area contributed by atoms with Gasteiger partial charge < -0.3 is 19.8 Å². The molecule has 3 aromatic heterocycles. The van der Waals surface area contributed by atoms with E-state index in [1.54, 1.807) is 24.2 Å². The van der Waals surface area contributed by atoms with E-state index >= 15 is 0 Å². The number of oxazole rings is 1. The van der Waals surface area contributed by atoms with Crippen LogP contribution < -0.4 is 10.6 Å². The number of carbonyl (C=O) groups excluding carboxylic acids is 1. The molecule has 0 unspecified atom stereocenters. The van der Waals surface area contributed by atoms with Crippen molar-refractivity contribution in [1.82, 2.24) is 30.0 Å². The van der Waals surface area contributed by atoms with Crippen LogP contribution in [0.15, 0.2) is 51.8 Å². The Morgan fingerprint density at radius 3 is 2.88 bits per heavy atom. The van der Waals surface area contributed by atoms with E-state index in [2.05, 4.69) is 46.6 Å². The zero-order valence-electron chi connectivity index (χ0n) is 18.3. The zero-order valence-corrected chi connectivity index (χ0v) is 19.9. The predicted molar refractivity (Wildman–Crippen MR) is 125 cm³/mol. The number of ether oxygens (including phenoxy) is 1. The number of hydrogen-bond acceptors (Lipinski definition) is 8. The standard InChI is InChI=1S/C22H22BrN7O3/c1-13-9-25-22(28-18-7-8-26-30(18)2)29-19(13)17-12-33-21(27-17)20(31)24-10-14-5-4-6-16(23)15(14)11-32-3/h4-9,12H,10-11H2,1-3H3,(H,24,31)(H,25,28,29). The summed E-state index contributed by atoms with van der Waals surface area (Å²) in [6.07, 6.45) is 4.76. The molecular formula is C22H22BrN7O3. The van der Waals surface area contributed by atoms with Gasteiger partial charge in [0.2, 0.25) is 5.95 Å². The van der Waals surface area contributed by atoms with Crippen molar-refractivity contribution in [2.75, 3.05) is 12.4 Å². The van der Waals surface area contributed by atoms with Crippen LogP contribution in [0.25, 0.3) is 11.4 Å². The van der Waals surface area contributed by atoms with Gasteiger partial charge in [-0.2, -0.15) is 5.10 Å². The van der Waals surface area contributed by atoms with Gasteiger partial charge in [0.25, 0.3) is 5.89 Å². The summed E-state index contributed by atoms with van der Waals surface area (Å²) in [4.78, 5) is 25.8. The summed E-state index contributed by atoms with van der Waals surface area (Å²) in [5.41, 5.74) is 3.70. The molecule has 0 radical (unpaired) electrons. The minimum Gasteiger partial charge on any atom is -0.440 e. The summed E-state index contributed by atoms with van der Waals surface area (Å²) in [7, 11) is 3.44. The van der Waals surface area contributed by atoms with E-state index in [9.17, 15) is 4.79 Å². The minimum atomic E-state index is -0.426. The lowest BCUT2D eigenvalue weighted by Crippen LogP contribution is -2.24. The number of aryl methyl sites for hydroxylation is 2. The normalized spacial score (nSPS) is 10.9. The van der Waals surface area contributed by atoms with E-state index in [1.165, 1.54) is 6.26 Å². The maximum absolute atomic E-state index is 12.7. The van der Waals surface area contributed by atoms with Crippen molar-refractivity contribution >= 4 is 33.6 Å². The van der Waals surface area contributed by atoms with Crippen LogP contribution in [0.1, 0.15) is 27.4 Å². The average Bonchev–Trinajstić information content (AvgIpc) is 3.45. The molecule has 4 rings (SSSR count). The van der Waals surface area contributed by atoms with Gasteiger partial charge in [-0.05, 0) is 29.7 Å². The molecule has 3 heterocycles. The van der Waals surface area contributed by atoms with Gasteiger partial charge >= 0.3 is 5.91 Å². The van der Waals surface area contributed by atoms with Crippen LogP contribution in [0, 0.1) is 6.92 Å². The molecule has 0 aliphatic heterocycles. The molecule has 33 heavy (non-hydrogen) atoms. The van der Waals surface area contributed by atoms with Crippen molar-refractivity contribution in [3.8, 4) is 11.4 Å². The molecule has 0 saturated carbocycles. The van der Waals surface area contributed by atoms with Crippen molar-refractivity contribution in [2.45, 2.75) is 20.1 Å². The summed E-state index contributed by atoms with van der Waals surface area (Å²) in [6.45, 7) is 2.60. The third-order valence-corrected chi connectivity index (χ3v) is 5.66. The summed E-state index contributed by atoms with van der Waals surface area (Å²) in [6, 6.07) is 7.58. The van der Waals surface area contributed by atoms with E-state index < -0.39 is 5.91 Å². The first-order valence-electron chi connectivity index (χ1n) is 10.0.